The molecule has 0 bridgehead atoms. The number of H-pyrrole nitrogens is 1. The first kappa shape index (κ1) is 8.06. The molecule has 0 radical (unpaired) electrons. The molecule has 2 aromatic rings. The number of rotatable bonds is 0. The molecule has 1 aromatic heterocycles. The number of nitrogens with two attached hydrogens (primary N) is 1. The fourth-order valence-electron chi connectivity index (χ4n) is 2.48. The molecule has 1 aliphatic rings. The van der Waals surface area contributed by atoms with Crippen LogP contribution in [0.2, 0.25) is 0 Å². The van der Waals surface area contributed by atoms with E-state index < -0.39 is 0 Å². The zero-order chi connectivity index (χ0) is 9.71. The first-order chi connectivity index (χ1) is 6.75. The van der Waals surface area contributed by atoms with Crippen molar-refractivity contribution in [2.45, 2.75) is 25.8 Å². The van der Waals surface area contributed by atoms with Gasteiger partial charge in [0.1, 0.15) is 0 Å². The van der Waals surface area contributed by atoms with E-state index in [1.54, 1.807) is 0 Å². The Kier molecular flexibility index (Phi) is 1.50. The van der Waals surface area contributed by atoms with Crippen LogP contribution in [-0.4, -0.2) is 11.0 Å². The van der Waals surface area contributed by atoms with Gasteiger partial charge in [0.05, 0.1) is 0 Å². The van der Waals surface area contributed by atoms with Gasteiger partial charge in [0.15, 0.2) is 0 Å². The van der Waals surface area contributed by atoms with Gasteiger partial charge in [-0.3, -0.25) is 0 Å². The largest absolute Gasteiger partial charge is 0.358 e. The number of hydrogen-bond acceptors (Lipinski definition) is 1. The minimum absolute atomic E-state index is 0.321. The number of aromatic nitrogens is 1. The van der Waals surface area contributed by atoms with Crippen molar-refractivity contribution in [2.24, 2.45) is 5.73 Å². The monoisotopic (exact) mass is 186 g/mol. The topological polar surface area (TPSA) is 41.8 Å². The molecule has 2 heteroatoms. The Morgan fingerprint density at radius 2 is 2.21 bits per heavy atom. The predicted octanol–water partition coefficient (Wildman–Crippen LogP) is 1.90. The van der Waals surface area contributed by atoms with Crippen molar-refractivity contribution in [1.82, 2.24) is 4.98 Å². The summed E-state index contributed by atoms with van der Waals surface area (Å²) in [5.41, 5.74) is 11.3. The zero-order valence-electron chi connectivity index (χ0n) is 8.30. The molecule has 0 saturated carbocycles. The predicted molar refractivity (Wildman–Crippen MR) is 58.4 cm³/mol. The number of benzene rings is 1. The molecule has 3 rings (SSSR count). The van der Waals surface area contributed by atoms with Crippen LogP contribution in [0.1, 0.15) is 16.8 Å². The van der Waals surface area contributed by atoms with Crippen LogP contribution < -0.4 is 5.73 Å². The second-order valence-corrected chi connectivity index (χ2v) is 4.25. The van der Waals surface area contributed by atoms with Crippen LogP contribution in [-0.2, 0) is 12.8 Å². The highest BCUT2D eigenvalue weighted by Gasteiger charge is 2.22. The Labute approximate surface area is 83.1 Å². The minimum atomic E-state index is 0.321. The molecular formula is C12H14N2. The van der Waals surface area contributed by atoms with Gasteiger partial charge in [-0.15, -0.1) is 0 Å². The van der Waals surface area contributed by atoms with Gasteiger partial charge in [-0.2, -0.15) is 0 Å². The van der Waals surface area contributed by atoms with Crippen LogP contribution in [0.3, 0.4) is 0 Å². The van der Waals surface area contributed by atoms with Crippen molar-refractivity contribution in [2.75, 3.05) is 0 Å². The second-order valence-electron chi connectivity index (χ2n) is 4.25. The van der Waals surface area contributed by atoms with Crippen LogP contribution in [0, 0.1) is 6.92 Å². The molecule has 72 valence electrons. The average molecular weight is 186 g/mol. The van der Waals surface area contributed by atoms with E-state index in [4.69, 9.17) is 5.73 Å². The summed E-state index contributed by atoms with van der Waals surface area (Å²) in [6.45, 7) is 2.15. The molecule has 3 N–H and O–H groups in total. The molecule has 1 aromatic carbocycles. The van der Waals surface area contributed by atoms with Crippen molar-refractivity contribution in [3.05, 3.63) is 35.0 Å². The SMILES string of the molecule is Cc1cccc2c3c([nH]c12)CC(N)C3. The van der Waals surface area contributed by atoms with Crippen LogP contribution in [0.15, 0.2) is 18.2 Å². The lowest BCUT2D eigenvalue weighted by Crippen LogP contribution is -2.19. The summed E-state index contributed by atoms with van der Waals surface area (Å²) in [5.74, 6) is 0. The number of para-hydroxylation sites is 1. The van der Waals surface area contributed by atoms with Gasteiger partial charge in [-0.05, 0) is 24.5 Å². The third-order valence-corrected chi connectivity index (χ3v) is 3.17. The summed E-state index contributed by atoms with van der Waals surface area (Å²) in [7, 11) is 0. The molecule has 1 unspecified atom stereocenters. The minimum Gasteiger partial charge on any atom is -0.358 e. The van der Waals surface area contributed by atoms with Crippen molar-refractivity contribution >= 4 is 10.9 Å². The van der Waals surface area contributed by atoms with Gasteiger partial charge in [0.25, 0.3) is 0 Å². The smallest absolute Gasteiger partial charge is 0.0488 e. The maximum atomic E-state index is 5.94. The highest BCUT2D eigenvalue weighted by Crippen LogP contribution is 2.30. The van der Waals surface area contributed by atoms with Crippen molar-refractivity contribution in [1.29, 1.82) is 0 Å². The number of fused-ring (bicyclic) bond motifs is 3. The summed E-state index contributed by atoms with van der Waals surface area (Å²) < 4.78 is 0. The summed E-state index contributed by atoms with van der Waals surface area (Å²) in [4.78, 5) is 3.49. The first-order valence-corrected chi connectivity index (χ1v) is 5.10. The first-order valence-electron chi connectivity index (χ1n) is 5.10. The van der Waals surface area contributed by atoms with Crippen molar-refractivity contribution < 1.29 is 0 Å². The van der Waals surface area contributed by atoms with E-state index >= 15 is 0 Å². The standard InChI is InChI=1S/C12H14N2/c1-7-3-2-4-9-10-5-8(13)6-11(10)14-12(7)9/h2-4,8,14H,5-6,13H2,1H3. The molecule has 1 atom stereocenters. The maximum absolute atomic E-state index is 5.94. The van der Waals surface area contributed by atoms with Gasteiger partial charge in [0, 0.05) is 29.1 Å². The molecule has 0 saturated heterocycles. The Bertz CT molecular complexity index is 496. The number of hydrogen-bond donors (Lipinski definition) is 2. The molecule has 1 aliphatic carbocycles. The molecule has 0 aliphatic heterocycles. The van der Waals surface area contributed by atoms with E-state index in [1.807, 2.05) is 0 Å². The lowest BCUT2D eigenvalue weighted by atomic mass is 10.1. The van der Waals surface area contributed by atoms with Gasteiger partial charge >= 0.3 is 0 Å². The van der Waals surface area contributed by atoms with Gasteiger partial charge in [-0.1, -0.05) is 18.2 Å². The fraction of sp³-hybridized carbons (Fsp3) is 0.333. The van der Waals surface area contributed by atoms with Crippen molar-refractivity contribution in [3.63, 3.8) is 0 Å². The molecule has 0 spiro atoms. The zero-order valence-corrected chi connectivity index (χ0v) is 8.30. The van der Waals surface area contributed by atoms with Gasteiger partial charge in [-0.25, -0.2) is 0 Å². The Balaban J connectivity index is 2.33. The maximum Gasteiger partial charge on any atom is 0.0488 e. The number of aromatic amines is 1. The Hall–Kier alpha value is -1.28. The van der Waals surface area contributed by atoms with Gasteiger partial charge < -0.3 is 10.7 Å². The number of aryl methyl sites for hydroxylation is 1. The van der Waals surface area contributed by atoms with E-state index in [0.29, 0.717) is 6.04 Å². The van der Waals surface area contributed by atoms with Crippen LogP contribution in [0.25, 0.3) is 10.9 Å². The summed E-state index contributed by atoms with van der Waals surface area (Å²) >= 11 is 0. The van der Waals surface area contributed by atoms with Crippen molar-refractivity contribution in [3.8, 4) is 0 Å². The van der Waals surface area contributed by atoms with Crippen LogP contribution in [0.4, 0.5) is 0 Å². The normalized spacial score (nSPS) is 20.3. The average Bonchev–Trinajstić information content (AvgIpc) is 2.63. The molecule has 14 heavy (non-hydrogen) atoms. The lowest BCUT2D eigenvalue weighted by Gasteiger charge is -2.01. The quantitative estimate of drug-likeness (QED) is 0.648. The third kappa shape index (κ3) is 0.946. The number of nitrogens with one attached hydrogen (secondary N) is 1. The fourth-order valence-corrected chi connectivity index (χ4v) is 2.48. The van der Waals surface area contributed by atoms with E-state index in [9.17, 15) is 0 Å². The summed E-state index contributed by atoms with van der Waals surface area (Å²) in [6.07, 6.45) is 2.03. The molecule has 0 amide bonds. The Morgan fingerprint density at radius 1 is 1.36 bits per heavy atom. The third-order valence-electron chi connectivity index (χ3n) is 3.17. The Morgan fingerprint density at radius 3 is 3.07 bits per heavy atom. The van der Waals surface area contributed by atoms with Crippen LogP contribution >= 0.6 is 0 Å². The van der Waals surface area contributed by atoms with E-state index in [0.717, 1.165) is 12.8 Å². The molecular weight excluding hydrogens is 172 g/mol. The van der Waals surface area contributed by atoms with E-state index in [2.05, 4.69) is 30.1 Å². The molecule has 1 heterocycles. The van der Waals surface area contributed by atoms with Gasteiger partial charge in [0.2, 0.25) is 0 Å². The highest BCUT2D eigenvalue weighted by atomic mass is 14.8. The van der Waals surface area contributed by atoms with E-state index in [-0.39, 0.29) is 0 Å². The summed E-state index contributed by atoms with van der Waals surface area (Å²) in [5, 5.41) is 1.37. The van der Waals surface area contributed by atoms with E-state index in [1.165, 1.54) is 27.7 Å². The summed E-state index contributed by atoms with van der Waals surface area (Å²) in [6, 6.07) is 6.78. The lowest BCUT2D eigenvalue weighted by molar-refractivity contribution is 0.716. The molecule has 2 nitrogen and oxygen atoms in total. The highest BCUT2D eigenvalue weighted by molar-refractivity contribution is 5.87. The van der Waals surface area contributed by atoms with Crippen LogP contribution in [0.5, 0.6) is 0 Å². The second kappa shape index (κ2) is 2.61. The molecule has 0 fully saturated rings.